The minimum atomic E-state index is 0.407. The molecule has 1 aliphatic carbocycles. The van der Waals surface area contributed by atoms with Crippen LogP contribution in [0, 0.1) is 0 Å². The van der Waals surface area contributed by atoms with Gasteiger partial charge in [-0.05, 0) is 19.8 Å². The van der Waals surface area contributed by atoms with Crippen LogP contribution in [-0.4, -0.2) is 6.04 Å². The van der Waals surface area contributed by atoms with Crippen molar-refractivity contribution in [2.24, 2.45) is 5.73 Å². The zero-order chi connectivity index (χ0) is 5.28. The van der Waals surface area contributed by atoms with Gasteiger partial charge in [0.2, 0.25) is 0 Å². The highest BCUT2D eigenvalue weighted by atomic mass is 14.7. The summed E-state index contributed by atoms with van der Waals surface area (Å²) < 4.78 is 0. The molecule has 1 aliphatic rings. The van der Waals surface area contributed by atoms with E-state index in [4.69, 9.17) is 5.73 Å². The maximum atomic E-state index is 5.56. The highest BCUT2D eigenvalue weighted by Gasteiger charge is 2.17. The van der Waals surface area contributed by atoms with Crippen molar-refractivity contribution in [2.75, 3.05) is 0 Å². The molecule has 1 fully saturated rings. The first-order valence-corrected chi connectivity index (χ1v) is 2.75. The molecule has 1 saturated carbocycles. The molecule has 0 aromatic carbocycles. The fourth-order valence-corrected chi connectivity index (χ4v) is 0.836. The van der Waals surface area contributed by atoms with E-state index in [0.717, 1.165) is 0 Å². The molecule has 0 amide bonds. The molecule has 7 heavy (non-hydrogen) atoms. The number of rotatable bonds is 0. The lowest BCUT2D eigenvalue weighted by molar-refractivity contribution is 0.555. The smallest absolute Gasteiger partial charge is 0.0256 e. The SMILES string of the molecule is C/C=C1\CC[C@@H]1N. The van der Waals surface area contributed by atoms with Crippen molar-refractivity contribution in [3.8, 4) is 0 Å². The van der Waals surface area contributed by atoms with Crippen LogP contribution in [0.2, 0.25) is 0 Å². The van der Waals surface area contributed by atoms with Gasteiger partial charge in [0.25, 0.3) is 0 Å². The maximum Gasteiger partial charge on any atom is 0.0256 e. The summed E-state index contributed by atoms with van der Waals surface area (Å²) in [6.07, 6.45) is 4.55. The Balaban J connectivity index is 2.44. The Bertz CT molecular complexity index is 94.4. The molecule has 0 aromatic heterocycles. The molecule has 1 rings (SSSR count). The fraction of sp³-hybridized carbons (Fsp3) is 0.667. The average molecular weight is 97.2 g/mol. The number of hydrogen-bond donors (Lipinski definition) is 1. The summed E-state index contributed by atoms with van der Waals surface area (Å²) in [7, 11) is 0. The molecule has 0 spiro atoms. The summed E-state index contributed by atoms with van der Waals surface area (Å²) in [6.45, 7) is 2.05. The average Bonchev–Trinajstić information content (AvgIpc) is 1.65. The molecule has 0 radical (unpaired) electrons. The van der Waals surface area contributed by atoms with Gasteiger partial charge in [-0.25, -0.2) is 0 Å². The van der Waals surface area contributed by atoms with E-state index in [0.29, 0.717) is 6.04 Å². The second kappa shape index (κ2) is 1.66. The Kier molecular flexibility index (Phi) is 1.15. The van der Waals surface area contributed by atoms with Crippen molar-refractivity contribution < 1.29 is 0 Å². The van der Waals surface area contributed by atoms with Gasteiger partial charge in [-0.1, -0.05) is 11.6 Å². The third-order valence-corrected chi connectivity index (χ3v) is 1.59. The minimum Gasteiger partial charge on any atom is -0.324 e. The first kappa shape index (κ1) is 4.85. The van der Waals surface area contributed by atoms with E-state index in [1.165, 1.54) is 18.4 Å². The Morgan fingerprint density at radius 3 is 2.57 bits per heavy atom. The fourth-order valence-electron chi connectivity index (χ4n) is 0.836. The molecule has 0 aliphatic heterocycles. The summed E-state index contributed by atoms with van der Waals surface area (Å²) >= 11 is 0. The Labute approximate surface area is 44.2 Å². The van der Waals surface area contributed by atoms with E-state index in [2.05, 4.69) is 6.08 Å². The molecule has 1 atom stereocenters. The van der Waals surface area contributed by atoms with Crippen molar-refractivity contribution in [1.82, 2.24) is 0 Å². The Morgan fingerprint density at radius 2 is 2.57 bits per heavy atom. The normalized spacial score (nSPS) is 35.7. The van der Waals surface area contributed by atoms with Gasteiger partial charge in [0.15, 0.2) is 0 Å². The largest absolute Gasteiger partial charge is 0.324 e. The summed E-state index contributed by atoms with van der Waals surface area (Å²) in [6, 6.07) is 0.407. The predicted octanol–water partition coefficient (Wildman–Crippen LogP) is 1.05. The monoisotopic (exact) mass is 97.1 g/mol. The van der Waals surface area contributed by atoms with Crippen LogP contribution in [0.1, 0.15) is 19.8 Å². The summed E-state index contributed by atoms with van der Waals surface area (Å²) in [5.74, 6) is 0. The van der Waals surface area contributed by atoms with Gasteiger partial charge in [-0.2, -0.15) is 0 Å². The van der Waals surface area contributed by atoms with Crippen LogP contribution in [0.25, 0.3) is 0 Å². The van der Waals surface area contributed by atoms with Crippen molar-refractivity contribution >= 4 is 0 Å². The molecule has 1 nitrogen and oxygen atoms in total. The van der Waals surface area contributed by atoms with Crippen molar-refractivity contribution in [3.63, 3.8) is 0 Å². The molecule has 0 heterocycles. The van der Waals surface area contributed by atoms with E-state index in [1.54, 1.807) is 0 Å². The zero-order valence-corrected chi connectivity index (χ0v) is 4.65. The van der Waals surface area contributed by atoms with Crippen LogP contribution in [0.5, 0.6) is 0 Å². The third-order valence-electron chi connectivity index (χ3n) is 1.59. The quantitative estimate of drug-likeness (QED) is 0.449. The van der Waals surface area contributed by atoms with Gasteiger partial charge in [-0.3, -0.25) is 0 Å². The number of nitrogens with two attached hydrogens (primary N) is 1. The lowest BCUT2D eigenvalue weighted by Gasteiger charge is -2.25. The summed E-state index contributed by atoms with van der Waals surface area (Å²) in [5.41, 5.74) is 7.00. The van der Waals surface area contributed by atoms with Gasteiger partial charge in [-0.15, -0.1) is 0 Å². The van der Waals surface area contributed by atoms with Crippen LogP contribution in [0.4, 0.5) is 0 Å². The summed E-state index contributed by atoms with van der Waals surface area (Å²) in [5, 5.41) is 0. The number of hydrogen-bond acceptors (Lipinski definition) is 1. The van der Waals surface area contributed by atoms with Crippen LogP contribution in [0.15, 0.2) is 11.6 Å². The van der Waals surface area contributed by atoms with E-state index in [9.17, 15) is 0 Å². The van der Waals surface area contributed by atoms with Gasteiger partial charge in [0.05, 0.1) is 0 Å². The Morgan fingerprint density at radius 1 is 1.86 bits per heavy atom. The van der Waals surface area contributed by atoms with Gasteiger partial charge >= 0.3 is 0 Å². The van der Waals surface area contributed by atoms with Crippen molar-refractivity contribution in [3.05, 3.63) is 11.6 Å². The molecule has 0 saturated heterocycles. The second-order valence-electron chi connectivity index (χ2n) is 2.01. The minimum absolute atomic E-state index is 0.407. The zero-order valence-electron chi connectivity index (χ0n) is 4.65. The first-order chi connectivity index (χ1) is 3.34. The molecular formula is C6H11N. The summed E-state index contributed by atoms with van der Waals surface area (Å²) in [4.78, 5) is 0. The molecule has 1 heteroatoms. The highest BCUT2D eigenvalue weighted by molar-refractivity contribution is 5.17. The van der Waals surface area contributed by atoms with E-state index in [-0.39, 0.29) is 0 Å². The van der Waals surface area contributed by atoms with Crippen molar-refractivity contribution in [2.45, 2.75) is 25.8 Å². The van der Waals surface area contributed by atoms with E-state index >= 15 is 0 Å². The third kappa shape index (κ3) is 0.682. The topological polar surface area (TPSA) is 26.0 Å². The van der Waals surface area contributed by atoms with E-state index in [1.807, 2.05) is 6.92 Å². The second-order valence-corrected chi connectivity index (χ2v) is 2.01. The van der Waals surface area contributed by atoms with Crippen LogP contribution in [-0.2, 0) is 0 Å². The lowest BCUT2D eigenvalue weighted by Crippen LogP contribution is -2.30. The van der Waals surface area contributed by atoms with Crippen LogP contribution >= 0.6 is 0 Å². The molecule has 2 N–H and O–H groups in total. The first-order valence-electron chi connectivity index (χ1n) is 2.75. The molecule has 0 aromatic rings. The van der Waals surface area contributed by atoms with Gasteiger partial charge in [0.1, 0.15) is 0 Å². The standard InChI is InChI=1S/C6H11N/c1-2-5-3-4-6(5)7/h2,6H,3-4,7H2,1H3/b5-2+/t6-/m0/s1. The molecule has 40 valence electrons. The molecule has 0 unspecified atom stereocenters. The van der Waals surface area contributed by atoms with E-state index < -0.39 is 0 Å². The van der Waals surface area contributed by atoms with Gasteiger partial charge in [0, 0.05) is 6.04 Å². The van der Waals surface area contributed by atoms with Crippen LogP contribution < -0.4 is 5.73 Å². The molecule has 0 bridgehead atoms. The predicted molar refractivity (Wildman–Crippen MR) is 31.0 cm³/mol. The van der Waals surface area contributed by atoms with Crippen molar-refractivity contribution in [1.29, 1.82) is 0 Å². The highest BCUT2D eigenvalue weighted by Crippen LogP contribution is 2.23. The van der Waals surface area contributed by atoms with Gasteiger partial charge < -0.3 is 5.73 Å². The Hall–Kier alpha value is -0.300. The lowest BCUT2D eigenvalue weighted by atomic mass is 9.87. The molecular weight excluding hydrogens is 86.1 g/mol. The maximum absolute atomic E-state index is 5.56. The number of allylic oxidation sites excluding steroid dienone is 1. The van der Waals surface area contributed by atoms with Crippen LogP contribution in [0.3, 0.4) is 0 Å².